The van der Waals surface area contributed by atoms with E-state index in [2.05, 4.69) is 10.6 Å². The fourth-order valence-electron chi connectivity index (χ4n) is 2.25. The highest BCUT2D eigenvalue weighted by atomic mass is 35.5. The number of hydrogen-bond donors (Lipinski definition) is 2. The van der Waals surface area contributed by atoms with Crippen LogP contribution in [-0.2, 0) is 14.3 Å². The van der Waals surface area contributed by atoms with Crippen molar-refractivity contribution in [2.75, 3.05) is 25.6 Å². The third-order valence-electron chi connectivity index (χ3n) is 3.95. The lowest BCUT2D eigenvalue weighted by atomic mass is 10.0. The van der Waals surface area contributed by atoms with Crippen LogP contribution in [0.5, 0.6) is 0 Å². The maximum atomic E-state index is 12.5. The maximum Gasteiger partial charge on any atom is 0.240 e. The summed E-state index contributed by atoms with van der Waals surface area (Å²) in [5.74, 6) is -0.470. The molecule has 1 aromatic carbocycles. The minimum Gasteiger partial charge on any atom is -0.385 e. The molecule has 0 aromatic heterocycles. The second-order valence-corrected chi connectivity index (χ2v) is 5.96. The van der Waals surface area contributed by atoms with Crippen LogP contribution in [0.3, 0.4) is 0 Å². The Morgan fingerprint density at radius 1 is 1.32 bits per heavy atom. The third-order valence-corrected chi connectivity index (χ3v) is 4.36. The predicted octanol–water partition coefficient (Wildman–Crippen LogP) is 2.52. The maximum absolute atomic E-state index is 12.5. The number of hydrogen-bond acceptors (Lipinski definition) is 3. The molecule has 0 radical (unpaired) electrons. The number of amides is 2. The van der Waals surface area contributed by atoms with Crippen molar-refractivity contribution in [3.05, 3.63) is 28.8 Å². The quantitative estimate of drug-likeness (QED) is 0.598. The van der Waals surface area contributed by atoms with Crippen LogP contribution in [-0.4, -0.2) is 32.1 Å². The smallest absolute Gasteiger partial charge is 0.240 e. The summed E-state index contributed by atoms with van der Waals surface area (Å²) in [5.41, 5.74) is 0.520. The van der Waals surface area contributed by atoms with Crippen LogP contribution in [0, 0.1) is 12.3 Å². The van der Waals surface area contributed by atoms with Crippen molar-refractivity contribution in [2.45, 2.75) is 26.2 Å². The molecule has 2 N–H and O–H groups in total. The summed E-state index contributed by atoms with van der Waals surface area (Å²) in [6, 6.07) is 5.32. The fraction of sp³-hybridized carbons (Fsp3) is 0.500. The van der Waals surface area contributed by atoms with Crippen LogP contribution < -0.4 is 10.6 Å². The first kappa shape index (κ1) is 16.8. The van der Waals surface area contributed by atoms with Crippen molar-refractivity contribution in [3.8, 4) is 0 Å². The van der Waals surface area contributed by atoms with E-state index in [1.54, 1.807) is 25.3 Å². The average molecular weight is 325 g/mol. The number of halogens is 1. The Kier molecular flexibility index (Phi) is 5.42. The summed E-state index contributed by atoms with van der Waals surface area (Å²) in [6.07, 6.45) is 1.89. The monoisotopic (exact) mass is 324 g/mol. The molecule has 6 heteroatoms. The standard InChI is InChI=1S/C16H21ClN2O3/c1-11-12(17)5-3-6-13(11)19-15(21)16(7-8-16)14(20)18-9-4-10-22-2/h3,5-6H,4,7-10H2,1-2H3,(H,18,20)(H,19,21). The van der Waals surface area contributed by atoms with Crippen LogP contribution in [0.15, 0.2) is 18.2 Å². The number of anilines is 1. The molecule has 5 nitrogen and oxygen atoms in total. The lowest BCUT2D eigenvalue weighted by Gasteiger charge is -2.16. The minimum absolute atomic E-state index is 0.208. The van der Waals surface area contributed by atoms with Gasteiger partial charge in [0.2, 0.25) is 11.8 Å². The van der Waals surface area contributed by atoms with Crippen molar-refractivity contribution in [3.63, 3.8) is 0 Å². The first-order valence-corrected chi connectivity index (χ1v) is 7.73. The summed E-state index contributed by atoms with van der Waals surface area (Å²) >= 11 is 6.05. The van der Waals surface area contributed by atoms with Crippen molar-refractivity contribution >= 4 is 29.1 Å². The van der Waals surface area contributed by atoms with E-state index in [-0.39, 0.29) is 11.8 Å². The first-order chi connectivity index (χ1) is 10.5. The van der Waals surface area contributed by atoms with Crippen LogP contribution >= 0.6 is 11.6 Å². The van der Waals surface area contributed by atoms with E-state index in [1.807, 2.05) is 6.92 Å². The number of benzene rings is 1. The molecular weight excluding hydrogens is 304 g/mol. The van der Waals surface area contributed by atoms with Gasteiger partial charge in [0, 0.05) is 31.0 Å². The van der Waals surface area contributed by atoms with Gasteiger partial charge in [0.25, 0.3) is 0 Å². The van der Waals surface area contributed by atoms with Gasteiger partial charge in [-0.3, -0.25) is 9.59 Å². The SMILES string of the molecule is COCCCNC(=O)C1(C(=O)Nc2cccc(Cl)c2C)CC1. The lowest BCUT2D eigenvalue weighted by molar-refractivity contribution is -0.134. The Morgan fingerprint density at radius 3 is 2.68 bits per heavy atom. The van der Waals surface area contributed by atoms with Gasteiger partial charge in [-0.25, -0.2) is 0 Å². The molecule has 22 heavy (non-hydrogen) atoms. The Morgan fingerprint density at radius 2 is 2.05 bits per heavy atom. The molecule has 0 unspecified atom stereocenters. The van der Waals surface area contributed by atoms with Gasteiger partial charge in [-0.1, -0.05) is 17.7 Å². The zero-order chi connectivity index (χ0) is 16.2. The Hall–Kier alpha value is -1.59. The van der Waals surface area contributed by atoms with Gasteiger partial charge < -0.3 is 15.4 Å². The molecular formula is C16H21ClN2O3. The van der Waals surface area contributed by atoms with Crippen molar-refractivity contribution in [2.24, 2.45) is 5.41 Å². The largest absolute Gasteiger partial charge is 0.385 e. The third kappa shape index (κ3) is 3.59. The summed E-state index contributed by atoms with van der Waals surface area (Å²) in [5, 5.41) is 6.22. The fourth-order valence-corrected chi connectivity index (χ4v) is 2.43. The molecule has 0 saturated heterocycles. The highest BCUT2D eigenvalue weighted by Gasteiger charge is 2.56. The zero-order valence-electron chi connectivity index (χ0n) is 12.9. The molecule has 2 rings (SSSR count). The molecule has 0 atom stereocenters. The normalized spacial score (nSPS) is 15.2. The first-order valence-electron chi connectivity index (χ1n) is 7.35. The van der Waals surface area contributed by atoms with E-state index < -0.39 is 5.41 Å². The number of rotatable bonds is 7. The van der Waals surface area contributed by atoms with Crippen LogP contribution in [0.2, 0.25) is 5.02 Å². The Balaban J connectivity index is 1.96. The van der Waals surface area contributed by atoms with Gasteiger partial charge in [0.1, 0.15) is 5.41 Å². The molecule has 1 saturated carbocycles. The number of carbonyl (C=O) groups excluding carboxylic acids is 2. The summed E-state index contributed by atoms with van der Waals surface area (Å²) in [7, 11) is 1.62. The van der Waals surface area contributed by atoms with E-state index in [0.29, 0.717) is 36.7 Å². The van der Waals surface area contributed by atoms with Gasteiger partial charge in [-0.2, -0.15) is 0 Å². The second kappa shape index (κ2) is 7.11. The Labute approximate surface area is 135 Å². The zero-order valence-corrected chi connectivity index (χ0v) is 13.6. The number of nitrogens with one attached hydrogen (secondary N) is 2. The molecule has 0 spiro atoms. The van der Waals surface area contributed by atoms with Crippen LogP contribution in [0.25, 0.3) is 0 Å². The Bertz CT molecular complexity index is 571. The van der Waals surface area contributed by atoms with Gasteiger partial charge in [0.05, 0.1) is 0 Å². The molecule has 0 bridgehead atoms. The molecule has 120 valence electrons. The minimum atomic E-state index is -0.929. The van der Waals surface area contributed by atoms with E-state index in [1.165, 1.54) is 0 Å². The summed E-state index contributed by atoms with van der Waals surface area (Å²) in [4.78, 5) is 24.7. The highest BCUT2D eigenvalue weighted by Crippen LogP contribution is 2.47. The van der Waals surface area contributed by atoms with Gasteiger partial charge in [-0.15, -0.1) is 0 Å². The molecule has 0 heterocycles. The molecule has 2 amide bonds. The van der Waals surface area contributed by atoms with Gasteiger partial charge in [-0.05, 0) is 43.9 Å². The number of carbonyl (C=O) groups is 2. The van der Waals surface area contributed by atoms with Crippen molar-refractivity contribution in [1.82, 2.24) is 5.32 Å². The van der Waals surface area contributed by atoms with E-state index in [4.69, 9.17) is 16.3 Å². The van der Waals surface area contributed by atoms with Crippen LogP contribution in [0.1, 0.15) is 24.8 Å². The predicted molar refractivity (Wildman–Crippen MR) is 86.0 cm³/mol. The summed E-state index contributed by atoms with van der Waals surface area (Å²) < 4.78 is 4.93. The van der Waals surface area contributed by atoms with E-state index in [0.717, 1.165) is 12.0 Å². The lowest BCUT2D eigenvalue weighted by Crippen LogP contribution is -2.40. The molecule has 0 aliphatic heterocycles. The topological polar surface area (TPSA) is 67.4 Å². The molecule has 1 fully saturated rings. The van der Waals surface area contributed by atoms with E-state index in [9.17, 15) is 9.59 Å². The number of methoxy groups -OCH3 is 1. The van der Waals surface area contributed by atoms with Crippen molar-refractivity contribution < 1.29 is 14.3 Å². The van der Waals surface area contributed by atoms with Crippen LogP contribution in [0.4, 0.5) is 5.69 Å². The number of ether oxygens (including phenoxy) is 1. The highest BCUT2D eigenvalue weighted by molar-refractivity contribution is 6.31. The van der Waals surface area contributed by atoms with Crippen molar-refractivity contribution in [1.29, 1.82) is 0 Å². The second-order valence-electron chi connectivity index (χ2n) is 5.55. The van der Waals surface area contributed by atoms with Gasteiger partial charge >= 0.3 is 0 Å². The summed E-state index contributed by atoms with van der Waals surface area (Å²) in [6.45, 7) is 2.93. The molecule has 1 aliphatic rings. The molecule has 1 aliphatic carbocycles. The average Bonchev–Trinajstić information content (AvgIpc) is 3.30. The van der Waals surface area contributed by atoms with Gasteiger partial charge in [0.15, 0.2) is 0 Å². The van der Waals surface area contributed by atoms with E-state index >= 15 is 0 Å². The molecule has 1 aromatic rings.